The summed E-state index contributed by atoms with van der Waals surface area (Å²) in [5.74, 6) is 0. The maximum absolute atomic E-state index is 6.03. The van der Waals surface area contributed by atoms with Crippen LogP contribution in [0.1, 0.15) is 18.9 Å². The summed E-state index contributed by atoms with van der Waals surface area (Å²) in [5, 5.41) is 4.49. The topological polar surface area (TPSA) is 12.0 Å². The first-order chi connectivity index (χ1) is 7.25. The van der Waals surface area contributed by atoms with Gasteiger partial charge in [0, 0.05) is 6.54 Å². The van der Waals surface area contributed by atoms with Crippen molar-refractivity contribution in [1.82, 2.24) is 5.32 Å². The van der Waals surface area contributed by atoms with E-state index in [0.717, 1.165) is 25.1 Å². The van der Waals surface area contributed by atoms with Crippen molar-refractivity contribution in [1.29, 1.82) is 0 Å². The first kappa shape index (κ1) is 12.6. The van der Waals surface area contributed by atoms with Crippen molar-refractivity contribution in [3.05, 3.63) is 39.9 Å². The fourth-order valence-corrected chi connectivity index (χ4v) is 1.57. The van der Waals surface area contributed by atoms with E-state index in [0.29, 0.717) is 10.0 Å². The minimum atomic E-state index is 0.598. The molecule has 0 bridgehead atoms. The molecule has 0 heterocycles. The Bertz CT molecular complexity index is 334. The number of hydrogen-bond acceptors (Lipinski definition) is 1. The first-order valence-corrected chi connectivity index (χ1v) is 5.82. The second-order valence-corrected chi connectivity index (χ2v) is 4.03. The summed E-state index contributed by atoms with van der Waals surface area (Å²) in [6.07, 6.45) is 5.18. The molecule has 0 saturated carbocycles. The third kappa shape index (κ3) is 4.25. The standard InChI is InChI=1S/C12H15Cl2N/c1-2-8-15-9-4-6-10-5-3-7-11(13)12(10)14/h3-7,15H,2,8-9H2,1H3. The molecular weight excluding hydrogens is 229 g/mol. The van der Waals surface area contributed by atoms with E-state index in [1.165, 1.54) is 0 Å². The van der Waals surface area contributed by atoms with Gasteiger partial charge in [-0.2, -0.15) is 0 Å². The second kappa shape index (κ2) is 6.89. The molecule has 0 aliphatic carbocycles. The summed E-state index contributed by atoms with van der Waals surface area (Å²) in [6, 6.07) is 5.63. The molecule has 1 aromatic carbocycles. The first-order valence-electron chi connectivity index (χ1n) is 5.07. The summed E-state index contributed by atoms with van der Waals surface area (Å²) >= 11 is 11.9. The molecule has 0 radical (unpaired) electrons. The monoisotopic (exact) mass is 243 g/mol. The van der Waals surface area contributed by atoms with Gasteiger partial charge in [0.2, 0.25) is 0 Å². The highest BCUT2D eigenvalue weighted by Crippen LogP contribution is 2.26. The fraction of sp³-hybridized carbons (Fsp3) is 0.333. The Balaban J connectivity index is 2.53. The third-order valence-corrected chi connectivity index (χ3v) is 2.80. The highest BCUT2D eigenvalue weighted by molar-refractivity contribution is 6.42. The average Bonchev–Trinajstić information content (AvgIpc) is 2.24. The van der Waals surface area contributed by atoms with Crippen molar-refractivity contribution in [3.63, 3.8) is 0 Å². The maximum atomic E-state index is 6.03. The van der Waals surface area contributed by atoms with Crippen LogP contribution in [0.4, 0.5) is 0 Å². The lowest BCUT2D eigenvalue weighted by Gasteiger charge is -2.00. The van der Waals surface area contributed by atoms with Crippen LogP contribution in [-0.4, -0.2) is 13.1 Å². The predicted octanol–water partition coefficient (Wildman–Crippen LogP) is 4.01. The van der Waals surface area contributed by atoms with E-state index in [9.17, 15) is 0 Å². The van der Waals surface area contributed by atoms with Crippen LogP contribution in [-0.2, 0) is 0 Å². The van der Waals surface area contributed by atoms with Gasteiger partial charge in [0.15, 0.2) is 0 Å². The van der Waals surface area contributed by atoms with E-state index < -0.39 is 0 Å². The normalized spacial score (nSPS) is 11.1. The maximum Gasteiger partial charge on any atom is 0.0664 e. The number of nitrogens with one attached hydrogen (secondary N) is 1. The van der Waals surface area contributed by atoms with Crippen molar-refractivity contribution in [2.75, 3.05) is 13.1 Å². The van der Waals surface area contributed by atoms with Gasteiger partial charge in [-0.05, 0) is 24.6 Å². The lowest BCUT2D eigenvalue weighted by Crippen LogP contribution is -2.13. The summed E-state index contributed by atoms with van der Waals surface area (Å²) < 4.78 is 0. The summed E-state index contributed by atoms with van der Waals surface area (Å²) in [5.41, 5.74) is 0.961. The molecule has 0 unspecified atom stereocenters. The summed E-state index contributed by atoms with van der Waals surface area (Å²) in [6.45, 7) is 4.04. The molecule has 0 aromatic heterocycles. The van der Waals surface area contributed by atoms with Gasteiger partial charge in [-0.25, -0.2) is 0 Å². The number of halogens is 2. The minimum absolute atomic E-state index is 0.598. The van der Waals surface area contributed by atoms with E-state index in [1.54, 1.807) is 6.07 Å². The van der Waals surface area contributed by atoms with Crippen LogP contribution < -0.4 is 5.32 Å². The second-order valence-electron chi connectivity index (χ2n) is 3.25. The van der Waals surface area contributed by atoms with Gasteiger partial charge in [0.25, 0.3) is 0 Å². The van der Waals surface area contributed by atoms with Gasteiger partial charge >= 0.3 is 0 Å². The van der Waals surface area contributed by atoms with E-state index in [2.05, 4.69) is 12.2 Å². The smallest absolute Gasteiger partial charge is 0.0664 e. The van der Waals surface area contributed by atoms with Gasteiger partial charge in [0.05, 0.1) is 10.0 Å². The fourth-order valence-electron chi connectivity index (χ4n) is 1.20. The molecule has 15 heavy (non-hydrogen) atoms. The van der Waals surface area contributed by atoms with Crippen molar-refractivity contribution in [3.8, 4) is 0 Å². The Kier molecular flexibility index (Phi) is 5.77. The zero-order valence-electron chi connectivity index (χ0n) is 8.76. The Morgan fingerprint density at radius 1 is 1.33 bits per heavy atom. The molecule has 0 aliphatic heterocycles. The van der Waals surface area contributed by atoms with Crippen LogP contribution in [0.5, 0.6) is 0 Å². The average molecular weight is 244 g/mol. The van der Waals surface area contributed by atoms with Crippen LogP contribution in [0.15, 0.2) is 24.3 Å². The zero-order valence-corrected chi connectivity index (χ0v) is 10.3. The lowest BCUT2D eigenvalue weighted by molar-refractivity contribution is 0.730. The Labute approximate surface area is 101 Å². The van der Waals surface area contributed by atoms with Crippen LogP contribution in [0.2, 0.25) is 10.0 Å². The van der Waals surface area contributed by atoms with Crippen LogP contribution in [0.3, 0.4) is 0 Å². The SMILES string of the molecule is CCCNCC=Cc1cccc(Cl)c1Cl. The van der Waals surface area contributed by atoms with Crippen molar-refractivity contribution < 1.29 is 0 Å². The molecule has 0 spiro atoms. The van der Waals surface area contributed by atoms with Gasteiger partial charge < -0.3 is 5.32 Å². The molecule has 0 fully saturated rings. The van der Waals surface area contributed by atoms with Gasteiger partial charge in [-0.15, -0.1) is 0 Å². The molecule has 1 aromatic rings. The molecule has 0 aliphatic rings. The molecule has 0 amide bonds. The third-order valence-electron chi connectivity index (χ3n) is 1.97. The van der Waals surface area contributed by atoms with Gasteiger partial charge in [-0.1, -0.05) is 54.4 Å². The molecule has 1 rings (SSSR count). The van der Waals surface area contributed by atoms with Crippen molar-refractivity contribution in [2.45, 2.75) is 13.3 Å². The van der Waals surface area contributed by atoms with Gasteiger partial charge in [-0.3, -0.25) is 0 Å². The Hall–Kier alpha value is -0.500. The Morgan fingerprint density at radius 3 is 2.87 bits per heavy atom. The summed E-state index contributed by atoms with van der Waals surface area (Å²) in [4.78, 5) is 0. The quantitative estimate of drug-likeness (QED) is 0.772. The molecule has 82 valence electrons. The van der Waals surface area contributed by atoms with E-state index in [-0.39, 0.29) is 0 Å². The highest BCUT2D eigenvalue weighted by Gasteiger charge is 1.99. The predicted molar refractivity (Wildman–Crippen MR) is 68.7 cm³/mol. The molecular formula is C12H15Cl2N. The molecule has 0 atom stereocenters. The van der Waals surface area contributed by atoms with Gasteiger partial charge in [0.1, 0.15) is 0 Å². The number of benzene rings is 1. The number of rotatable bonds is 5. The van der Waals surface area contributed by atoms with Crippen molar-refractivity contribution in [2.24, 2.45) is 0 Å². The molecule has 1 N–H and O–H groups in total. The zero-order chi connectivity index (χ0) is 11.1. The molecule has 0 saturated heterocycles. The van der Waals surface area contributed by atoms with E-state index in [1.807, 2.05) is 24.3 Å². The van der Waals surface area contributed by atoms with E-state index >= 15 is 0 Å². The van der Waals surface area contributed by atoms with E-state index in [4.69, 9.17) is 23.2 Å². The largest absolute Gasteiger partial charge is 0.313 e. The number of hydrogen-bond donors (Lipinski definition) is 1. The van der Waals surface area contributed by atoms with Crippen molar-refractivity contribution >= 4 is 29.3 Å². The molecule has 3 heteroatoms. The lowest BCUT2D eigenvalue weighted by atomic mass is 10.2. The summed E-state index contributed by atoms with van der Waals surface area (Å²) in [7, 11) is 0. The minimum Gasteiger partial charge on any atom is -0.313 e. The van der Waals surface area contributed by atoms with Crippen LogP contribution in [0, 0.1) is 0 Å². The van der Waals surface area contributed by atoms with Crippen LogP contribution >= 0.6 is 23.2 Å². The highest BCUT2D eigenvalue weighted by atomic mass is 35.5. The molecule has 1 nitrogen and oxygen atoms in total. The van der Waals surface area contributed by atoms with Crippen LogP contribution in [0.25, 0.3) is 6.08 Å². The Morgan fingerprint density at radius 2 is 2.13 bits per heavy atom.